The summed E-state index contributed by atoms with van der Waals surface area (Å²) in [7, 11) is -3.35. The highest BCUT2D eigenvalue weighted by Crippen LogP contribution is 2.75. The van der Waals surface area contributed by atoms with Crippen molar-refractivity contribution in [1.82, 2.24) is 4.98 Å². The molecule has 4 aliphatic rings. The van der Waals surface area contributed by atoms with Gasteiger partial charge in [-0.25, -0.2) is 13.6 Å². The van der Waals surface area contributed by atoms with Crippen LogP contribution in [0.2, 0.25) is 0 Å². The van der Waals surface area contributed by atoms with E-state index in [0.29, 0.717) is 11.4 Å². The largest absolute Gasteiger partial charge is 0.487 e. The molecule has 4 aliphatic heterocycles. The molecular formula is C7H5N2O5P. The van der Waals surface area contributed by atoms with Crippen molar-refractivity contribution in [3.63, 3.8) is 0 Å². The van der Waals surface area contributed by atoms with Crippen LogP contribution in [0.15, 0.2) is 18.5 Å². The lowest BCUT2D eigenvalue weighted by Crippen LogP contribution is -2.54. The van der Waals surface area contributed by atoms with Gasteiger partial charge in [-0.1, -0.05) is 0 Å². The second-order valence-electron chi connectivity index (χ2n) is 3.34. The van der Waals surface area contributed by atoms with Crippen LogP contribution in [0.3, 0.4) is 0 Å². The van der Waals surface area contributed by atoms with Crippen molar-refractivity contribution in [3.05, 3.63) is 18.5 Å². The normalized spacial score (nSPS) is 44.4. The van der Waals surface area contributed by atoms with Crippen LogP contribution < -0.4 is 10.1 Å². The lowest BCUT2D eigenvalue weighted by Gasteiger charge is -2.38. The maximum atomic E-state index is 11.4. The minimum Gasteiger partial charge on any atom is -0.433 e. The summed E-state index contributed by atoms with van der Waals surface area (Å²) in [6, 6.07) is 1.65. The summed E-state index contributed by atoms with van der Waals surface area (Å²) in [4.78, 5) is 3.92. The first-order chi connectivity index (χ1) is 7.19. The van der Waals surface area contributed by atoms with Crippen molar-refractivity contribution in [3.8, 4) is 5.75 Å². The molecule has 2 bridgehead atoms. The van der Waals surface area contributed by atoms with E-state index in [0.717, 1.165) is 0 Å². The van der Waals surface area contributed by atoms with E-state index in [2.05, 4.69) is 10.3 Å². The molecule has 1 aromatic heterocycles. The standard InChI is InChI=1S/C7H5N2O5P/c10-15-12-6-7(13-15,14-15)11-5-1-2-8-3-4(5)9-6/h1-3,6,9H. The van der Waals surface area contributed by atoms with Gasteiger partial charge in [-0.15, -0.1) is 0 Å². The number of aromatic nitrogens is 1. The van der Waals surface area contributed by atoms with Crippen LogP contribution in [-0.2, 0) is 18.1 Å². The number of hydrogen-bond donors (Lipinski definition) is 1. The quantitative estimate of drug-likeness (QED) is 0.664. The molecule has 1 aromatic rings. The van der Waals surface area contributed by atoms with Crippen molar-refractivity contribution in [2.75, 3.05) is 5.32 Å². The van der Waals surface area contributed by atoms with E-state index in [1.165, 1.54) is 0 Å². The molecule has 0 aliphatic carbocycles. The summed E-state index contributed by atoms with van der Waals surface area (Å²) in [6.07, 6.45) is 2.45. The van der Waals surface area contributed by atoms with Gasteiger partial charge in [0, 0.05) is 12.3 Å². The summed E-state index contributed by atoms with van der Waals surface area (Å²) < 4.78 is 31.8. The molecule has 5 rings (SSSR count). The van der Waals surface area contributed by atoms with Crippen LogP contribution in [0.4, 0.5) is 5.69 Å². The van der Waals surface area contributed by atoms with E-state index in [1.807, 2.05) is 0 Å². The maximum Gasteiger partial charge on any atom is 0.487 e. The Kier molecular flexibility index (Phi) is 1.17. The van der Waals surface area contributed by atoms with Gasteiger partial charge in [0.2, 0.25) is 6.23 Å². The summed E-state index contributed by atoms with van der Waals surface area (Å²) in [5, 5.41) is 2.93. The molecule has 1 unspecified atom stereocenters. The third kappa shape index (κ3) is 0.866. The lowest BCUT2D eigenvalue weighted by molar-refractivity contribution is -0.304. The minimum absolute atomic E-state index is 0.526. The Morgan fingerprint density at radius 2 is 2.40 bits per heavy atom. The smallest absolute Gasteiger partial charge is 0.433 e. The molecule has 3 fully saturated rings. The molecule has 0 saturated carbocycles. The number of fused-ring (bicyclic) bond motifs is 1. The van der Waals surface area contributed by atoms with Crippen LogP contribution >= 0.6 is 7.82 Å². The highest BCUT2D eigenvalue weighted by atomic mass is 31.2. The van der Waals surface area contributed by atoms with Gasteiger partial charge in [-0.05, 0) is 0 Å². The SMILES string of the molecule is O=P12OC3Nc4cnccc4OC3(O1)O2. The van der Waals surface area contributed by atoms with Crippen LogP contribution in [0.25, 0.3) is 0 Å². The predicted molar refractivity (Wildman–Crippen MR) is 45.9 cm³/mol. The number of anilines is 1. The van der Waals surface area contributed by atoms with E-state index >= 15 is 0 Å². The van der Waals surface area contributed by atoms with E-state index in [1.54, 1.807) is 18.5 Å². The average Bonchev–Trinajstić information content (AvgIpc) is 2.59. The average molecular weight is 228 g/mol. The molecule has 1 spiro atoms. The van der Waals surface area contributed by atoms with Gasteiger partial charge < -0.3 is 10.1 Å². The minimum atomic E-state index is -3.35. The Morgan fingerprint density at radius 1 is 1.53 bits per heavy atom. The Morgan fingerprint density at radius 3 is 3.27 bits per heavy atom. The van der Waals surface area contributed by atoms with Gasteiger partial charge in [-0.2, -0.15) is 0 Å². The first kappa shape index (κ1) is 8.06. The van der Waals surface area contributed by atoms with Gasteiger partial charge in [0.25, 0.3) is 0 Å². The van der Waals surface area contributed by atoms with E-state index in [-0.39, 0.29) is 0 Å². The number of hydrogen-bond acceptors (Lipinski definition) is 7. The second-order valence-corrected chi connectivity index (χ2v) is 4.81. The van der Waals surface area contributed by atoms with Crippen LogP contribution in [0.1, 0.15) is 0 Å². The third-order valence-electron chi connectivity index (χ3n) is 2.35. The number of nitrogens with zero attached hydrogens (tertiary/aromatic N) is 1. The summed E-state index contributed by atoms with van der Waals surface area (Å²) in [5.41, 5.74) is 0.653. The second kappa shape index (κ2) is 2.17. The first-order valence-corrected chi connectivity index (χ1v) is 5.75. The molecule has 0 aromatic carbocycles. The predicted octanol–water partition coefficient (Wildman–Crippen LogP) is 1.05. The van der Waals surface area contributed by atoms with Crippen LogP contribution in [0.5, 0.6) is 5.75 Å². The fourth-order valence-corrected chi connectivity index (χ4v) is 3.16. The summed E-state index contributed by atoms with van der Waals surface area (Å²) >= 11 is 0. The van der Waals surface area contributed by atoms with E-state index < -0.39 is 20.0 Å². The van der Waals surface area contributed by atoms with Crippen molar-refractivity contribution < 1.29 is 22.9 Å². The van der Waals surface area contributed by atoms with Crippen molar-refractivity contribution in [1.29, 1.82) is 0 Å². The highest BCUT2D eigenvalue weighted by molar-refractivity contribution is 7.50. The molecule has 1 N–H and O–H groups in total. The molecule has 1 atom stereocenters. The number of phosphoric acid groups is 1. The number of ether oxygens (including phenoxy) is 1. The number of pyridine rings is 1. The van der Waals surface area contributed by atoms with Gasteiger partial charge in [0.05, 0.1) is 11.9 Å². The number of rotatable bonds is 0. The topological polar surface area (TPSA) is 78.9 Å². The maximum absolute atomic E-state index is 11.4. The Labute approximate surface area is 83.9 Å². The van der Waals surface area contributed by atoms with Crippen molar-refractivity contribution in [2.24, 2.45) is 0 Å². The van der Waals surface area contributed by atoms with Gasteiger partial charge in [-0.3, -0.25) is 9.51 Å². The van der Waals surface area contributed by atoms with Crippen LogP contribution in [0, 0.1) is 0 Å². The Hall–Kier alpha value is -1.14. The van der Waals surface area contributed by atoms with Gasteiger partial charge in [0.1, 0.15) is 0 Å². The fraction of sp³-hybridized carbons (Fsp3) is 0.286. The number of phosphoric ester groups is 1. The fourth-order valence-electron chi connectivity index (χ4n) is 1.73. The van der Waals surface area contributed by atoms with E-state index in [4.69, 9.17) is 18.3 Å². The molecule has 0 radical (unpaired) electrons. The molecular weight excluding hydrogens is 223 g/mol. The lowest BCUT2D eigenvalue weighted by atomic mass is 10.3. The highest BCUT2D eigenvalue weighted by Gasteiger charge is 2.76. The zero-order valence-corrected chi connectivity index (χ0v) is 8.14. The zero-order chi connectivity index (χ0) is 10.1. The van der Waals surface area contributed by atoms with Crippen LogP contribution in [-0.4, -0.2) is 17.2 Å². The Bertz CT molecular complexity index is 488. The van der Waals surface area contributed by atoms with Gasteiger partial charge in [0.15, 0.2) is 5.75 Å². The molecule has 7 nitrogen and oxygen atoms in total. The monoisotopic (exact) mass is 228 g/mol. The zero-order valence-electron chi connectivity index (χ0n) is 7.25. The van der Waals surface area contributed by atoms with E-state index in [9.17, 15) is 4.57 Å². The molecule has 3 saturated heterocycles. The first-order valence-electron chi connectivity index (χ1n) is 4.29. The Balaban J connectivity index is 1.82. The molecule has 8 heteroatoms. The number of nitrogens with one attached hydrogen (secondary N) is 1. The summed E-state index contributed by atoms with van der Waals surface area (Å²) in [5.74, 6) is -0.859. The summed E-state index contributed by atoms with van der Waals surface area (Å²) in [6.45, 7) is 0. The van der Waals surface area contributed by atoms with Gasteiger partial charge >= 0.3 is 13.8 Å². The van der Waals surface area contributed by atoms with Crippen molar-refractivity contribution >= 4 is 13.5 Å². The third-order valence-corrected chi connectivity index (χ3v) is 3.78. The molecule has 5 heterocycles. The molecule has 15 heavy (non-hydrogen) atoms. The van der Waals surface area contributed by atoms with Crippen molar-refractivity contribution in [2.45, 2.75) is 12.2 Å². The molecule has 0 amide bonds. The molecule has 78 valence electrons.